The number of hydrogen-bond donors (Lipinski definition) is 0. The van der Waals surface area contributed by atoms with Gasteiger partial charge in [-0.25, -0.2) is 0 Å². The summed E-state index contributed by atoms with van der Waals surface area (Å²) in [6, 6.07) is 10.8. The minimum atomic E-state index is -0.319. The highest BCUT2D eigenvalue weighted by Gasteiger charge is 2.17. The van der Waals surface area contributed by atoms with E-state index in [4.69, 9.17) is 4.74 Å². The zero-order valence-electron chi connectivity index (χ0n) is 11.5. The second-order valence-corrected chi connectivity index (χ2v) is 5.35. The summed E-state index contributed by atoms with van der Waals surface area (Å²) in [5.74, 6) is -0.555. The predicted molar refractivity (Wildman–Crippen MR) is 79.2 cm³/mol. The van der Waals surface area contributed by atoms with Crippen molar-refractivity contribution in [3.63, 3.8) is 0 Å². The molecule has 0 spiro atoms. The summed E-state index contributed by atoms with van der Waals surface area (Å²) < 4.78 is 4.99. The van der Waals surface area contributed by atoms with Crippen LogP contribution in [0.4, 0.5) is 0 Å². The lowest BCUT2D eigenvalue weighted by Crippen LogP contribution is -2.13. The Morgan fingerprint density at radius 2 is 1.90 bits per heavy atom. The molecule has 1 aromatic heterocycles. The van der Waals surface area contributed by atoms with Crippen LogP contribution in [0.3, 0.4) is 0 Å². The van der Waals surface area contributed by atoms with E-state index in [1.54, 1.807) is 26.0 Å². The summed E-state index contributed by atoms with van der Waals surface area (Å²) in [5, 5.41) is 1.88. The average molecular weight is 288 g/mol. The topological polar surface area (TPSA) is 43.4 Å². The Morgan fingerprint density at radius 1 is 1.20 bits per heavy atom. The van der Waals surface area contributed by atoms with Gasteiger partial charge in [-0.1, -0.05) is 30.3 Å². The van der Waals surface area contributed by atoms with Crippen LogP contribution in [0.15, 0.2) is 41.8 Å². The predicted octanol–water partition coefficient (Wildman–Crippen LogP) is 3.65. The van der Waals surface area contributed by atoms with E-state index in [9.17, 15) is 9.59 Å². The molecular formula is C16H16O3S. The van der Waals surface area contributed by atoms with E-state index in [0.717, 1.165) is 10.4 Å². The van der Waals surface area contributed by atoms with Crippen LogP contribution in [0.1, 0.15) is 40.6 Å². The normalized spacial score (nSPS) is 11.9. The molecule has 2 aromatic rings. The fraction of sp³-hybridized carbons (Fsp3) is 0.250. The zero-order chi connectivity index (χ0) is 14.5. The summed E-state index contributed by atoms with van der Waals surface area (Å²) in [6.45, 7) is 3.96. The van der Waals surface area contributed by atoms with Crippen LogP contribution in [0.2, 0.25) is 0 Å². The molecule has 0 aliphatic rings. The van der Waals surface area contributed by atoms with Crippen molar-refractivity contribution in [2.75, 3.05) is 6.61 Å². The van der Waals surface area contributed by atoms with Crippen molar-refractivity contribution in [2.24, 2.45) is 0 Å². The number of carbonyl (C=O) groups excluding carboxylic acids is 2. The fourth-order valence-corrected chi connectivity index (χ4v) is 2.56. The van der Waals surface area contributed by atoms with Gasteiger partial charge in [0.15, 0.2) is 0 Å². The Kier molecular flexibility index (Phi) is 4.69. The maximum Gasteiger partial charge on any atom is 0.313 e. The highest BCUT2D eigenvalue weighted by atomic mass is 32.1. The van der Waals surface area contributed by atoms with Crippen LogP contribution < -0.4 is 0 Å². The Morgan fingerprint density at radius 3 is 2.45 bits per heavy atom. The van der Waals surface area contributed by atoms with Gasteiger partial charge in [-0.2, -0.15) is 0 Å². The molecule has 1 heterocycles. The van der Waals surface area contributed by atoms with Gasteiger partial charge in [-0.15, -0.1) is 11.3 Å². The molecule has 0 bridgehead atoms. The average Bonchev–Trinajstić information content (AvgIpc) is 3.00. The van der Waals surface area contributed by atoms with Crippen LogP contribution in [0.5, 0.6) is 0 Å². The third-order valence-corrected chi connectivity index (χ3v) is 3.93. The van der Waals surface area contributed by atoms with E-state index in [0.29, 0.717) is 12.2 Å². The Hall–Kier alpha value is -1.94. The minimum Gasteiger partial charge on any atom is -0.466 e. The maximum absolute atomic E-state index is 12.1. The molecule has 0 saturated heterocycles. The smallest absolute Gasteiger partial charge is 0.313 e. The van der Waals surface area contributed by atoms with Crippen LogP contribution in [-0.4, -0.2) is 18.4 Å². The molecule has 20 heavy (non-hydrogen) atoms. The third-order valence-electron chi connectivity index (χ3n) is 3.06. The number of rotatable bonds is 5. The highest BCUT2D eigenvalue weighted by molar-refractivity contribution is 7.12. The van der Waals surface area contributed by atoms with Crippen molar-refractivity contribution in [1.82, 2.24) is 0 Å². The molecule has 0 unspecified atom stereocenters. The number of thiophene rings is 1. The fourth-order valence-electron chi connectivity index (χ4n) is 1.88. The second-order valence-electron chi connectivity index (χ2n) is 4.40. The molecule has 4 heteroatoms. The number of esters is 1. The SMILES string of the molecule is CCOC(=O)[C@@H](C)c1ccc(C(=O)c2cccs2)cc1. The van der Waals surface area contributed by atoms with Crippen LogP contribution >= 0.6 is 11.3 Å². The van der Waals surface area contributed by atoms with Gasteiger partial charge < -0.3 is 4.74 Å². The molecule has 0 fully saturated rings. The van der Waals surface area contributed by atoms with Gasteiger partial charge >= 0.3 is 5.97 Å². The Balaban J connectivity index is 2.14. The van der Waals surface area contributed by atoms with Crippen molar-refractivity contribution < 1.29 is 14.3 Å². The van der Waals surface area contributed by atoms with Crippen molar-refractivity contribution in [1.29, 1.82) is 0 Å². The molecule has 1 atom stereocenters. The van der Waals surface area contributed by atoms with Gasteiger partial charge in [-0.05, 0) is 30.9 Å². The number of benzene rings is 1. The molecule has 0 amide bonds. The minimum absolute atomic E-state index is 0.00957. The van der Waals surface area contributed by atoms with Gasteiger partial charge in [0.2, 0.25) is 5.78 Å². The first-order valence-corrected chi connectivity index (χ1v) is 7.36. The van der Waals surface area contributed by atoms with E-state index >= 15 is 0 Å². The van der Waals surface area contributed by atoms with Crippen molar-refractivity contribution in [3.8, 4) is 0 Å². The first kappa shape index (κ1) is 14.5. The summed E-state index contributed by atoms with van der Waals surface area (Å²) >= 11 is 1.42. The number of ether oxygens (including phenoxy) is 1. The molecule has 0 N–H and O–H groups in total. The zero-order valence-corrected chi connectivity index (χ0v) is 12.3. The molecule has 0 radical (unpaired) electrons. The van der Waals surface area contributed by atoms with Gasteiger partial charge in [0, 0.05) is 5.56 Å². The van der Waals surface area contributed by atoms with Gasteiger partial charge in [0.25, 0.3) is 0 Å². The largest absolute Gasteiger partial charge is 0.466 e. The molecule has 0 aliphatic carbocycles. The van der Waals surface area contributed by atoms with Gasteiger partial charge in [0.05, 0.1) is 17.4 Å². The molecule has 1 aromatic carbocycles. The summed E-state index contributed by atoms with van der Waals surface area (Å²) in [4.78, 5) is 24.5. The van der Waals surface area contributed by atoms with Crippen LogP contribution in [0.25, 0.3) is 0 Å². The lowest BCUT2D eigenvalue weighted by atomic mass is 9.98. The van der Waals surface area contributed by atoms with Crippen molar-refractivity contribution >= 4 is 23.1 Å². The summed E-state index contributed by atoms with van der Waals surface area (Å²) in [6.07, 6.45) is 0. The van der Waals surface area contributed by atoms with E-state index < -0.39 is 0 Å². The van der Waals surface area contributed by atoms with Gasteiger partial charge in [-0.3, -0.25) is 9.59 Å². The van der Waals surface area contributed by atoms with E-state index in [-0.39, 0.29) is 17.7 Å². The van der Waals surface area contributed by atoms with E-state index in [1.807, 2.05) is 29.6 Å². The Bertz CT molecular complexity index is 585. The quantitative estimate of drug-likeness (QED) is 0.623. The lowest BCUT2D eigenvalue weighted by Gasteiger charge is -2.11. The first-order valence-electron chi connectivity index (χ1n) is 6.48. The monoisotopic (exact) mass is 288 g/mol. The third kappa shape index (κ3) is 3.14. The maximum atomic E-state index is 12.1. The van der Waals surface area contributed by atoms with Crippen molar-refractivity contribution in [2.45, 2.75) is 19.8 Å². The molecule has 0 saturated carbocycles. The van der Waals surface area contributed by atoms with E-state index in [1.165, 1.54) is 11.3 Å². The standard InChI is InChI=1S/C16H16O3S/c1-3-19-16(18)11(2)12-6-8-13(9-7-12)15(17)14-5-4-10-20-14/h4-11H,3H2,1-2H3/t11-/m0/s1. The molecule has 104 valence electrons. The first-order chi connectivity index (χ1) is 9.63. The lowest BCUT2D eigenvalue weighted by molar-refractivity contribution is -0.144. The molecule has 0 aliphatic heterocycles. The second kappa shape index (κ2) is 6.48. The van der Waals surface area contributed by atoms with Crippen LogP contribution in [0, 0.1) is 0 Å². The molecule has 2 rings (SSSR count). The number of hydrogen-bond acceptors (Lipinski definition) is 4. The van der Waals surface area contributed by atoms with E-state index in [2.05, 4.69) is 0 Å². The Labute approximate surface area is 122 Å². The molecule has 3 nitrogen and oxygen atoms in total. The highest BCUT2D eigenvalue weighted by Crippen LogP contribution is 2.20. The van der Waals surface area contributed by atoms with Crippen molar-refractivity contribution in [3.05, 3.63) is 57.8 Å². The summed E-state index contributed by atoms with van der Waals surface area (Å²) in [7, 11) is 0. The number of carbonyl (C=O) groups is 2. The molecular weight excluding hydrogens is 272 g/mol. The van der Waals surface area contributed by atoms with Gasteiger partial charge in [0.1, 0.15) is 0 Å². The number of ketones is 1. The summed E-state index contributed by atoms with van der Waals surface area (Å²) in [5.41, 5.74) is 1.48. The van der Waals surface area contributed by atoms with Crippen LogP contribution in [-0.2, 0) is 9.53 Å².